The Morgan fingerprint density at radius 2 is 2.05 bits per heavy atom. The number of urea groups is 1. The number of aromatic nitrogens is 1. The summed E-state index contributed by atoms with van der Waals surface area (Å²) in [6.45, 7) is 5.81. The van der Waals surface area contributed by atoms with E-state index in [0.717, 1.165) is 15.4 Å². The first-order valence-corrected chi connectivity index (χ1v) is 7.86. The second-order valence-corrected chi connectivity index (χ2v) is 6.63. The van der Waals surface area contributed by atoms with E-state index < -0.39 is 12.0 Å². The lowest BCUT2D eigenvalue weighted by atomic mass is 10.1. The van der Waals surface area contributed by atoms with Gasteiger partial charge in [0.25, 0.3) is 0 Å². The van der Waals surface area contributed by atoms with Gasteiger partial charge in [-0.2, -0.15) is 0 Å². The molecular formula is C13H15N3O3S2. The van der Waals surface area contributed by atoms with Crippen LogP contribution in [0, 0.1) is 20.8 Å². The van der Waals surface area contributed by atoms with Gasteiger partial charge in [-0.1, -0.05) is 0 Å². The van der Waals surface area contributed by atoms with E-state index in [1.165, 1.54) is 22.7 Å². The van der Waals surface area contributed by atoms with Gasteiger partial charge in [-0.3, -0.25) is 5.32 Å². The molecule has 0 saturated carbocycles. The van der Waals surface area contributed by atoms with E-state index in [2.05, 4.69) is 15.6 Å². The van der Waals surface area contributed by atoms with Crippen molar-refractivity contribution in [2.45, 2.75) is 27.3 Å². The van der Waals surface area contributed by atoms with Crippen LogP contribution in [-0.4, -0.2) is 22.1 Å². The van der Waals surface area contributed by atoms with Gasteiger partial charge in [0.1, 0.15) is 5.00 Å². The van der Waals surface area contributed by atoms with Crippen molar-refractivity contribution in [3.63, 3.8) is 0 Å². The number of carboxylic acid groups (broad SMARTS) is 1. The van der Waals surface area contributed by atoms with Crippen molar-refractivity contribution in [3.05, 3.63) is 32.1 Å². The standard InChI is InChI=1S/C13H15N3O3S2/c1-6-8(3)21-11(10(6)12(17)18)16-13(19)14-4-9-7(2)15-5-20-9/h5H,4H2,1-3H3,(H,17,18)(H2,14,16,19). The highest BCUT2D eigenvalue weighted by atomic mass is 32.1. The number of aryl methyl sites for hydroxylation is 2. The zero-order chi connectivity index (χ0) is 15.6. The molecule has 3 N–H and O–H groups in total. The molecule has 2 rings (SSSR count). The average Bonchev–Trinajstić information content (AvgIpc) is 2.92. The number of aromatic carboxylic acids is 1. The number of nitrogens with one attached hydrogen (secondary N) is 2. The fraction of sp³-hybridized carbons (Fsp3) is 0.308. The molecule has 2 aromatic rings. The molecular weight excluding hydrogens is 310 g/mol. The molecule has 0 spiro atoms. The molecule has 8 heteroatoms. The monoisotopic (exact) mass is 325 g/mol. The molecule has 0 saturated heterocycles. The van der Waals surface area contributed by atoms with E-state index in [1.54, 1.807) is 12.4 Å². The lowest BCUT2D eigenvalue weighted by Gasteiger charge is -2.06. The van der Waals surface area contributed by atoms with Gasteiger partial charge >= 0.3 is 12.0 Å². The van der Waals surface area contributed by atoms with Crippen molar-refractivity contribution < 1.29 is 14.7 Å². The predicted octanol–water partition coefficient (Wildman–Crippen LogP) is 3.15. The maximum atomic E-state index is 11.9. The van der Waals surface area contributed by atoms with Crippen LogP contribution in [0.5, 0.6) is 0 Å². The SMILES string of the molecule is Cc1ncsc1CNC(=O)Nc1sc(C)c(C)c1C(=O)O. The van der Waals surface area contributed by atoms with Crippen LogP contribution in [0.15, 0.2) is 5.51 Å². The largest absolute Gasteiger partial charge is 0.478 e. The summed E-state index contributed by atoms with van der Waals surface area (Å²) in [5.74, 6) is -1.04. The Bertz CT molecular complexity index is 691. The third-order valence-corrected chi connectivity index (χ3v) is 5.14. The van der Waals surface area contributed by atoms with Crippen molar-refractivity contribution in [1.29, 1.82) is 0 Å². The number of carboxylic acids is 1. The number of rotatable bonds is 4. The van der Waals surface area contributed by atoms with E-state index >= 15 is 0 Å². The zero-order valence-electron chi connectivity index (χ0n) is 11.8. The van der Waals surface area contributed by atoms with Gasteiger partial charge in [0.05, 0.1) is 23.3 Å². The number of nitrogens with zero attached hydrogens (tertiary/aromatic N) is 1. The molecule has 2 aromatic heterocycles. The Morgan fingerprint density at radius 3 is 2.62 bits per heavy atom. The zero-order valence-corrected chi connectivity index (χ0v) is 13.4. The first-order chi connectivity index (χ1) is 9.90. The quantitative estimate of drug-likeness (QED) is 0.805. The summed E-state index contributed by atoms with van der Waals surface area (Å²) in [6.07, 6.45) is 0. The second-order valence-electron chi connectivity index (χ2n) is 4.46. The number of hydrogen-bond donors (Lipinski definition) is 3. The first-order valence-electron chi connectivity index (χ1n) is 6.17. The maximum Gasteiger partial charge on any atom is 0.338 e. The Morgan fingerprint density at radius 1 is 1.33 bits per heavy atom. The molecule has 0 aromatic carbocycles. The number of carbonyl (C=O) groups is 2. The van der Waals surface area contributed by atoms with E-state index in [4.69, 9.17) is 0 Å². The lowest BCUT2D eigenvalue weighted by molar-refractivity contribution is 0.0697. The van der Waals surface area contributed by atoms with Gasteiger partial charge in [-0.05, 0) is 26.3 Å². The third-order valence-electron chi connectivity index (χ3n) is 3.08. The molecule has 0 unspecified atom stereocenters. The maximum absolute atomic E-state index is 11.9. The van der Waals surface area contributed by atoms with Crippen LogP contribution in [-0.2, 0) is 6.54 Å². The minimum Gasteiger partial charge on any atom is -0.478 e. The lowest BCUT2D eigenvalue weighted by Crippen LogP contribution is -2.28. The molecule has 2 heterocycles. The van der Waals surface area contributed by atoms with E-state index in [1.807, 2.05) is 13.8 Å². The Balaban J connectivity index is 2.05. The van der Waals surface area contributed by atoms with Crippen molar-refractivity contribution in [2.24, 2.45) is 0 Å². The number of hydrogen-bond acceptors (Lipinski definition) is 5. The van der Waals surface area contributed by atoms with Crippen LogP contribution in [0.1, 0.15) is 31.4 Å². The van der Waals surface area contributed by atoms with E-state index in [9.17, 15) is 14.7 Å². The topological polar surface area (TPSA) is 91.3 Å². The highest BCUT2D eigenvalue weighted by Crippen LogP contribution is 2.32. The van der Waals surface area contributed by atoms with Crippen LogP contribution in [0.4, 0.5) is 9.80 Å². The highest BCUT2D eigenvalue weighted by Gasteiger charge is 2.20. The van der Waals surface area contributed by atoms with Crippen molar-refractivity contribution in [3.8, 4) is 0 Å². The molecule has 0 fully saturated rings. The minimum absolute atomic E-state index is 0.154. The second kappa shape index (κ2) is 6.23. The fourth-order valence-corrected chi connectivity index (χ4v) is 3.54. The molecule has 0 atom stereocenters. The molecule has 0 aliphatic carbocycles. The summed E-state index contributed by atoms with van der Waals surface area (Å²) >= 11 is 2.73. The molecule has 0 aliphatic heterocycles. The van der Waals surface area contributed by atoms with Crippen LogP contribution in [0.3, 0.4) is 0 Å². The average molecular weight is 325 g/mol. The van der Waals surface area contributed by atoms with Crippen LogP contribution in [0.25, 0.3) is 0 Å². The Kier molecular flexibility index (Phi) is 4.59. The molecule has 6 nitrogen and oxygen atoms in total. The summed E-state index contributed by atoms with van der Waals surface area (Å²) in [6, 6.07) is -0.424. The molecule has 0 bridgehead atoms. The minimum atomic E-state index is -1.04. The third kappa shape index (κ3) is 3.40. The van der Waals surface area contributed by atoms with Crippen LogP contribution in [0.2, 0.25) is 0 Å². The fourth-order valence-electron chi connectivity index (χ4n) is 1.78. The van der Waals surface area contributed by atoms with Gasteiger partial charge in [0.15, 0.2) is 0 Å². The number of anilines is 1. The van der Waals surface area contributed by atoms with Crippen molar-refractivity contribution in [2.75, 3.05) is 5.32 Å². The smallest absolute Gasteiger partial charge is 0.338 e. The van der Waals surface area contributed by atoms with Gasteiger partial charge in [0, 0.05) is 9.75 Å². The Labute approximate surface area is 129 Å². The predicted molar refractivity (Wildman–Crippen MR) is 83.5 cm³/mol. The molecule has 21 heavy (non-hydrogen) atoms. The summed E-state index contributed by atoms with van der Waals surface area (Å²) in [5, 5.41) is 14.9. The van der Waals surface area contributed by atoms with Gasteiger partial charge in [0.2, 0.25) is 0 Å². The molecule has 2 amide bonds. The van der Waals surface area contributed by atoms with Crippen molar-refractivity contribution in [1.82, 2.24) is 10.3 Å². The summed E-state index contributed by atoms with van der Waals surface area (Å²) in [7, 11) is 0. The number of thiazole rings is 1. The highest BCUT2D eigenvalue weighted by molar-refractivity contribution is 7.16. The number of carbonyl (C=O) groups excluding carboxylic acids is 1. The molecule has 0 aliphatic rings. The Hall–Kier alpha value is -1.93. The van der Waals surface area contributed by atoms with E-state index in [-0.39, 0.29) is 5.56 Å². The normalized spacial score (nSPS) is 10.4. The molecule has 0 radical (unpaired) electrons. The number of amides is 2. The van der Waals surface area contributed by atoms with Crippen LogP contribution >= 0.6 is 22.7 Å². The van der Waals surface area contributed by atoms with Crippen LogP contribution < -0.4 is 10.6 Å². The van der Waals surface area contributed by atoms with Crippen molar-refractivity contribution >= 4 is 39.7 Å². The summed E-state index contributed by atoms with van der Waals surface area (Å²) < 4.78 is 0. The summed E-state index contributed by atoms with van der Waals surface area (Å²) in [5.41, 5.74) is 3.44. The number of thiophene rings is 1. The van der Waals surface area contributed by atoms with E-state index in [0.29, 0.717) is 17.1 Å². The van der Waals surface area contributed by atoms with Gasteiger partial charge < -0.3 is 10.4 Å². The first kappa shape index (κ1) is 15.5. The summed E-state index contributed by atoms with van der Waals surface area (Å²) in [4.78, 5) is 29.1. The van der Waals surface area contributed by atoms with Gasteiger partial charge in [-0.15, -0.1) is 22.7 Å². The van der Waals surface area contributed by atoms with Gasteiger partial charge in [-0.25, -0.2) is 14.6 Å². The molecule has 112 valence electrons.